The van der Waals surface area contributed by atoms with E-state index >= 15 is 0 Å². The van der Waals surface area contributed by atoms with Crippen molar-refractivity contribution in [1.29, 1.82) is 0 Å². The number of carbonyl (C=O) groups is 6. The van der Waals surface area contributed by atoms with Gasteiger partial charge in [0.05, 0.1) is 34.8 Å². The number of carboxylic acids is 2. The Hall–Kier alpha value is -3.24. The largest absolute Gasteiger partial charge is 3.00 e. The topological polar surface area (TPSA) is 171 Å². The van der Waals surface area contributed by atoms with Gasteiger partial charge in [-0.05, 0) is 24.3 Å². The van der Waals surface area contributed by atoms with Crippen LogP contribution in [-0.4, -0.2) is 45.8 Å². The second-order valence-corrected chi connectivity index (χ2v) is 5.58. The van der Waals surface area contributed by atoms with E-state index in [0.717, 1.165) is 12.1 Å². The molecular formula is C18H8N2O8Y+. The molecule has 2 aliphatic heterocycles. The van der Waals surface area contributed by atoms with Gasteiger partial charge in [0.1, 0.15) is 0 Å². The monoisotopic (exact) mass is 469 g/mol. The van der Waals surface area contributed by atoms with Gasteiger partial charge in [-0.15, -0.1) is 0 Å². The molecule has 0 aliphatic carbocycles. The molecule has 0 spiro atoms. The number of benzene rings is 2. The molecule has 0 saturated heterocycles. The Morgan fingerprint density at radius 1 is 0.586 bits per heavy atom. The van der Waals surface area contributed by atoms with Crippen LogP contribution >= 0.6 is 0 Å². The minimum atomic E-state index is -1.14. The molecule has 0 unspecified atom stereocenters. The summed E-state index contributed by atoms with van der Waals surface area (Å²) < 4.78 is 0. The van der Waals surface area contributed by atoms with Crippen molar-refractivity contribution in [1.82, 2.24) is 0 Å². The number of carbonyl (C=O) groups excluding carboxylic acids is 4. The summed E-state index contributed by atoms with van der Waals surface area (Å²) in [5.41, 5.74) is 0.411. The first-order valence-electron chi connectivity index (χ1n) is 7.54. The smallest absolute Gasteiger partial charge is 0.587 e. The Bertz CT molecular complexity index is 1020. The van der Waals surface area contributed by atoms with Crippen LogP contribution in [-0.2, 0) is 32.7 Å². The van der Waals surface area contributed by atoms with Crippen LogP contribution in [0.3, 0.4) is 0 Å². The minimum Gasteiger partial charge on any atom is -0.587 e. The molecule has 4 amide bonds. The molecule has 2 aromatic rings. The zero-order valence-electron chi connectivity index (χ0n) is 14.3. The van der Waals surface area contributed by atoms with E-state index in [1.165, 1.54) is 24.3 Å². The zero-order valence-corrected chi connectivity index (χ0v) is 17.1. The van der Waals surface area contributed by atoms with Crippen molar-refractivity contribution < 1.29 is 71.7 Å². The van der Waals surface area contributed by atoms with Crippen LogP contribution in [0.4, 0.5) is 0 Å². The van der Waals surface area contributed by atoms with Gasteiger partial charge in [0.2, 0.25) is 0 Å². The Labute approximate surface area is 187 Å². The predicted octanol–water partition coefficient (Wildman–Crippen LogP) is 2.10. The first-order valence-corrected chi connectivity index (χ1v) is 7.54. The first kappa shape index (κ1) is 22.1. The van der Waals surface area contributed by atoms with E-state index in [2.05, 4.69) is 10.6 Å². The van der Waals surface area contributed by atoms with Crippen molar-refractivity contribution in [2.24, 2.45) is 0 Å². The molecule has 140 valence electrons. The molecule has 29 heavy (non-hydrogen) atoms. The zero-order chi connectivity index (χ0) is 20.6. The summed E-state index contributed by atoms with van der Waals surface area (Å²) >= 11 is 0. The number of rotatable bonds is 2. The number of fused-ring (bicyclic) bond motifs is 2. The van der Waals surface area contributed by atoms with Crippen molar-refractivity contribution >= 4 is 35.6 Å². The van der Waals surface area contributed by atoms with Gasteiger partial charge < -0.3 is 40.0 Å². The van der Waals surface area contributed by atoms with Gasteiger partial charge in [0.15, 0.2) is 0 Å². The maximum absolute atomic E-state index is 11.1. The van der Waals surface area contributed by atoms with E-state index in [0.29, 0.717) is 0 Å². The number of hydrogen-bond acceptors (Lipinski definition) is 6. The SMILES string of the molecule is O=C(O)c1ccc2c(c1)C(=O)[N-]C2=O.O=C(O)c1ccc2c(c1)C(=O)[N-]C2=O.[Y+3]. The number of nitrogens with zero attached hydrogens (tertiary/aromatic N) is 2. The molecule has 0 atom stereocenters. The third-order valence-corrected chi connectivity index (χ3v) is 3.86. The molecular weight excluding hydrogens is 461 g/mol. The minimum absolute atomic E-state index is 0. The van der Waals surface area contributed by atoms with E-state index in [4.69, 9.17) is 10.2 Å². The first-order chi connectivity index (χ1) is 13.2. The second-order valence-electron chi connectivity index (χ2n) is 5.58. The summed E-state index contributed by atoms with van der Waals surface area (Å²) in [4.78, 5) is 65.3. The van der Waals surface area contributed by atoms with Gasteiger partial charge >= 0.3 is 44.6 Å². The van der Waals surface area contributed by atoms with Gasteiger partial charge in [0.25, 0.3) is 0 Å². The van der Waals surface area contributed by atoms with Crippen LogP contribution in [0.15, 0.2) is 36.4 Å². The van der Waals surface area contributed by atoms with E-state index in [-0.39, 0.29) is 66.1 Å². The third-order valence-electron chi connectivity index (χ3n) is 3.86. The molecule has 0 bridgehead atoms. The Kier molecular flexibility index (Phi) is 6.40. The molecule has 0 saturated carbocycles. The summed E-state index contributed by atoms with van der Waals surface area (Å²) in [6.07, 6.45) is 0. The van der Waals surface area contributed by atoms with Crippen LogP contribution in [0.5, 0.6) is 0 Å². The predicted molar refractivity (Wildman–Crippen MR) is 90.8 cm³/mol. The molecule has 0 radical (unpaired) electrons. The van der Waals surface area contributed by atoms with E-state index in [1.54, 1.807) is 0 Å². The van der Waals surface area contributed by atoms with E-state index in [9.17, 15) is 28.8 Å². The number of imide groups is 2. The second kappa shape index (κ2) is 8.42. The quantitative estimate of drug-likeness (QED) is 0.630. The van der Waals surface area contributed by atoms with Crippen molar-refractivity contribution in [3.8, 4) is 0 Å². The molecule has 2 aliphatic rings. The molecule has 0 aromatic heterocycles. The van der Waals surface area contributed by atoms with Gasteiger partial charge in [0, 0.05) is 22.3 Å². The number of aromatic carboxylic acids is 2. The molecule has 2 N–H and O–H groups in total. The van der Waals surface area contributed by atoms with Gasteiger partial charge in [-0.2, -0.15) is 0 Å². The Balaban J connectivity index is 0.000000200. The van der Waals surface area contributed by atoms with Gasteiger partial charge in [-0.1, -0.05) is 12.1 Å². The normalized spacial score (nSPS) is 13.2. The average Bonchev–Trinajstić information content (AvgIpc) is 3.10. The van der Waals surface area contributed by atoms with E-state index < -0.39 is 35.6 Å². The molecule has 4 rings (SSSR count). The number of carboxylic acid groups (broad SMARTS) is 2. The number of amides is 4. The molecule has 10 nitrogen and oxygen atoms in total. The van der Waals surface area contributed by atoms with Crippen LogP contribution < -0.4 is 0 Å². The molecule has 2 aromatic carbocycles. The summed E-state index contributed by atoms with van der Waals surface area (Å²) in [5.74, 6) is -4.84. The van der Waals surface area contributed by atoms with Crippen molar-refractivity contribution in [3.63, 3.8) is 0 Å². The molecule has 11 heteroatoms. The van der Waals surface area contributed by atoms with Crippen LogP contribution in [0.2, 0.25) is 0 Å². The Morgan fingerprint density at radius 3 is 1.21 bits per heavy atom. The van der Waals surface area contributed by atoms with Crippen LogP contribution in [0.25, 0.3) is 10.6 Å². The maximum atomic E-state index is 11.1. The standard InChI is InChI=1S/2C9H5NO4.Y/c2*11-7-5-2-1-4(9(13)14)3-6(5)8(12)10-7;/h2*1-3H,(H2,10,11,12,13,14);/q;;+3/p-2. The van der Waals surface area contributed by atoms with Crippen molar-refractivity contribution in [3.05, 3.63) is 80.4 Å². The number of hydrogen-bond donors (Lipinski definition) is 2. The summed E-state index contributed by atoms with van der Waals surface area (Å²) in [7, 11) is 0. The summed E-state index contributed by atoms with van der Waals surface area (Å²) in [6, 6.07) is 7.47. The van der Waals surface area contributed by atoms with Crippen LogP contribution in [0.1, 0.15) is 62.1 Å². The third kappa shape index (κ3) is 4.28. The van der Waals surface area contributed by atoms with Crippen LogP contribution in [0, 0.1) is 0 Å². The Morgan fingerprint density at radius 2 is 0.897 bits per heavy atom. The van der Waals surface area contributed by atoms with E-state index in [1.807, 2.05) is 0 Å². The maximum Gasteiger partial charge on any atom is 3.00 e. The van der Waals surface area contributed by atoms with Gasteiger partial charge in [-0.25, -0.2) is 9.59 Å². The molecule has 2 heterocycles. The summed E-state index contributed by atoms with van der Waals surface area (Å²) in [6.45, 7) is 0. The fourth-order valence-electron chi connectivity index (χ4n) is 2.51. The van der Waals surface area contributed by atoms with Crippen molar-refractivity contribution in [2.45, 2.75) is 0 Å². The summed E-state index contributed by atoms with van der Waals surface area (Å²) in [5, 5.41) is 23.7. The van der Waals surface area contributed by atoms with Crippen molar-refractivity contribution in [2.75, 3.05) is 0 Å². The average molecular weight is 469 g/mol. The fourth-order valence-corrected chi connectivity index (χ4v) is 2.51. The molecule has 0 fully saturated rings. The fraction of sp³-hybridized carbons (Fsp3) is 0. The van der Waals surface area contributed by atoms with Gasteiger partial charge in [-0.3, -0.25) is 0 Å².